The largest absolute Gasteiger partial charge is 0.394 e. The SMILES string of the molecule is OCC1C[C@@H](O)C(O)O1. The van der Waals surface area contributed by atoms with Gasteiger partial charge in [-0.05, 0) is 0 Å². The van der Waals surface area contributed by atoms with Crippen LogP contribution in [0.25, 0.3) is 0 Å². The topological polar surface area (TPSA) is 69.9 Å². The summed E-state index contributed by atoms with van der Waals surface area (Å²) in [5.74, 6) is 0. The zero-order valence-corrected chi connectivity index (χ0v) is 4.90. The van der Waals surface area contributed by atoms with Crippen molar-refractivity contribution in [1.29, 1.82) is 0 Å². The van der Waals surface area contributed by atoms with Gasteiger partial charge in [-0.1, -0.05) is 0 Å². The molecule has 0 radical (unpaired) electrons. The van der Waals surface area contributed by atoms with Crippen molar-refractivity contribution in [2.75, 3.05) is 6.61 Å². The fourth-order valence-electron chi connectivity index (χ4n) is 0.847. The van der Waals surface area contributed by atoms with Crippen LogP contribution >= 0.6 is 0 Å². The van der Waals surface area contributed by atoms with Crippen LogP contribution in [0.5, 0.6) is 0 Å². The Balaban J connectivity index is 2.35. The fourth-order valence-corrected chi connectivity index (χ4v) is 0.847. The maximum atomic E-state index is 8.81. The molecule has 2 unspecified atom stereocenters. The minimum Gasteiger partial charge on any atom is -0.394 e. The van der Waals surface area contributed by atoms with E-state index in [1.807, 2.05) is 0 Å². The predicted octanol–water partition coefficient (Wildman–Crippen LogP) is -1.55. The molecule has 0 saturated carbocycles. The van der Waals surface area contributed by atoms with Gasteiger partial charge in [0.05, 0.1) is 12.7 Å². The molecule has 0 aromatic heterocycles. The molecule has 4 nitrogen and oxygen atoms in total. The van der Waals surface area contributed by atoms with Crippen molar-refractivity contribution in [1.82, 2.24) is 0 Å². The van der Waals surface area contributed by atoms with Crippen LogP contribution in [-0.2, 0) is 4.74 Å². The molecular weight excluding hydrogens is 124 g/mol. The average molecular weight is 134 g/mol. The van der Waals surface area contributed by atoms with Gasteiger partial charge in [0.1, 0.15) is 6.10 Å². The van der Waals surface area contributed by atoms with Crippen LogP contribution in [0.2, 0.25) is 0 Å². The maximum absolute atomic E-state index is 8.81. The zero-order chi connectivity index (χ0) is 6.85. The Kier molecular flexibility index (Phi) is 2.02. The fraction of sp³-hybridized carbons (Fsp3) is 1.00. The molecule has 1 rings (SSSR count). The summed E-state index contributed by atoms with van der Waals surface area (Å²) < 4.78 is 4.68. The van der Waals surface area contributed by atoms with Crippen LogP contribution in [0.1, 0.15) is 6.42 Å². The predicted molar refractivity (Wildman–Crippen MR) is 28.6 cm³/mol. The third kappa shape index (κ3) is 1.40. The van der Waals surface area contributed by atoms with E-state index in [9.17, 15) is 0 Å². The van der Waals surface area contributed by atoms with E-state index in [1.165, 1.54) is 0 Å². The van der Waals surface area contributed by atoms with Gasteiger partial charge < -0.3 is 20.1 Å². The third-order valence-corrected chi connectivity index (χ3v) is 1.37. The van der Waals surface area contributed by atoms with Crippen molar-refractivity contribution in [2.24, 2.45) is 0 Å². The molecule has 3 N–H and O–H groups in total. The van der Waals surface area contributed by atoms with Crippen LogP contribution in [0.15, 0.2) is 0 Å². The minimum absolute atomic E-state index is 0.145. The first kappa shape index (κ1) is 6.95. The van der Waals surface area contributed by atoms with Crippen molar-refractivity contribution >= 4 is 0 Å². The van der Waals surface area contributed by atoms with Gasteiger partial charge in [0.2, 0.25) is 0 Å². The molecular formula is C5H10O4. The molecule has 0 spiro atoms. The zero-order valence-electron chi connectivity index (χ0n) is 4.90. The van der Waals surface area contributed by atoms with Crippen molar-refractivity contribution < 1.29 is 20.1 Å². The quantitative estimate of drug-likeness (QED) is 0.406. The van der Waals surface area contributed by atoms with Crippen LogP contribution in [0, 0.1) is 0 Å². The summed E-state index contributed by atoms with van der Waals surface area (Å²) in [6, 6.07) is 0. The van der Waals surface area contributed by atoms with Gasteiger partial charge in [0, 0.05) is 6.42 Å². The lowest BCUT2D eigenvalue weighted by atomic mass is 10.2. The lowest BCUT2D eigenvalue weighted by molar-refractivity contribution is -0.132. The number of rotatable bonds is 1. The van der Waals surface area contributed by atoms with E-state index >= 15 is 0 Å². The van der Waals surface area contributed by atoms with Crippen molar-refractivity contribution in [3.05, 3.63) is 0 Å². The molecule has 0 aliphatic carbocycles. The highest BCUT2D eigenvalue weighted by Crippen LogP contribution is 2.17. The third-order valence-electron chi connectivity index (χ3n) is 1.37. The van der Waals surface area contributed by atoms with Crippen LogP contribution in [0.3, 0.4) is 0 Å². The monoisotopic (exact) mass is 134 g/mol. The number of ether oxygens (including phenoxy) is 1. The molecule has 1 saturated heterocycles. The van der Waals surface area contributed by atoms with Gasteiger partial charge in [-0.2, -0.15) is 0 Å². The Bertz CT molecular complexity index is 85.0. The van der Waals surface area contributed by atoms with Gasteiger partial charge in [0.15, 0.2) is 6.29 Å². The summed E-state index contributed by atoms with van der Waals surface area (Å²) in [4.78, 5) is 0. The van der Waals surface area contributed by atoms with Crippen LogP contribution < -0.4 is 0 Å². The second-order valence-electron chi connectivity index (χ2n) is 2.13. The molecule has 0 aromatic carbocycles. The Labute approximate surface area is 52.7 Å². The number of hydrogen-bond donors (Lipinski definition) is 3. The van der Waals surface area contributed by atoms with E-state index in [1.54, 1.807) is 0 Å². The van der Waals surface area contributed by atoms with E-state index < -0.39 is 18.5 Å². The summed E-state index contributed by atoms with van der Waals surface area (Å²) >= 11 is 0. The van der Waals surface area contributed by atoms with Crippen LogP contribution in [-0.4, -0.2) is 40.4 Å². The summed E-state index contributed by atoms with van der Waals surface area (Å²) in [5, 5.41) is 26.0. The lowest BCUT2D eigenvalue weighted by Crippen LogP contribution is -2.19. The van der Waals surface area contributed by atoms with E-state index in [0.29, 0.717) is 6.42 Å². The van der Waals surface area contributed by atoms with Gasteiger partial charge in [-0.3, -0.25) is 0 Å². The molecule has 0 aromatic rings. The Morgan fingerprint density at radius 3 is 2.33 bits per heavy atom. The molecule has 9 heavy (non-hydrogen) atoms. The van der Waals surface area contributed by atoms with E-state index in [2.05, 4.69) is 4.74 Å². The molecule has 54 valence electrons. The first-order valence-electron chi connectivity index (χ1n) is 2.86. The first-order valence-corrected chi connectivity index (χ1v) is 2.86. The van der Waals surface area contributed by atoms with E-state index in [4.69, 9.17) is 15.3 Å². The highest BCUT2D eigenvalue weighted by atomic mass is 16.6. The highest BCUT2D eigenvalue weighted by Gasteiger charge is 2.31. The van der Waals surface area contributed by atoms with Gasteiger partial charge in [-0.25, -0.2) is 0 Å². The first-order chi connectivity index (χ1) is 4.24. The molecule has 1 aliphatic rings. The molecule has 3 atom stereocenters. The van der Waals surface area contributed by atoms with Gasteiger partial charge in [0.25, 0.3) is 0 Å². The summed E-state index contributed by atoms with van der Waals surface area (Å²) in [7, 11) is 0. The van der Waals surface area contributed by atoms with E-state index in [0.717, 1.165) is 0 Å². The standard InChI is InChI=1S/C5H10O4/c6-2-3-1-4(7)5(8)9-3/h3-8H,1-2H2/t3?,4-,5?/m1/s1. The summed E-state index contributed by atoms with van der Waals surface area (Å²) in [5.41, 5.74) is 0. The summed E-state index contributed by atoms with van der Waals surface area (Å²) in [6.07, 6.45) is -2.02. The Morgan fingerprint density at radius 2 is 2.11 bits per heavy atom. The Morgan fingerprint density at radius 1 is 1.44 bits per heavy atom. The molecule has 1 aliphatic heterocycles. The highest BCUT2D eigenvalue weighted by molar-refractivity contribution is 4.74. The normalized spacial score (nSPS) is 43.7. The second-order valence-corrected chi connectivity index (χ2v) is 2.13. The maximum Gasteiger partial charge on any atom is 0.181 e. The van der Waals surface area contributed by atoms with Crippen molar-refractivity contribution in [2.45, 2.75) is 24.9 Å². The molecule has 4 heteroatoms. The minimum atomic E-state index is -1.11. The number of aliphatic hydroxyl groups is 3. The second kappa shape index (κ2) is 2.62. The van der Waals surface area contributed by atoms with Gasteiger partial charge >= 0.3 is 0 Å². The molecule has 0 amide bonds. The average Bonchev–Trinajstić information content (AvgIpc) is 2.13. The van der Waals surface area contributed by atoms with Crippen molar-refractivity contribution in [3.8, 4) is 0 Å². The van der Waals surface area contributed by atoms with E-state index in [-0.39, 0.29) is 6.61 Å². The molecule has 1 fully saturated rings. The number of aliphatic hydroxyl groups excluding tert-OH is 3. The summed E-state index contributed by atoms with van der Waals surface area (Å²) in [6.45, 7) is -0.145. The molecule has 1 heterocycles. The van der Waals surface area contributed by atoms with Gasteiger partial charge in [-0.15, -0.1) is 0 Å². The number of hydrogen-bond acceptors (Lipinski definition) is 4. The van der Waals surface area contributed by atoms with Crippen LogP contribution in [0.4, 0.5) is 0 Å². The van der Waals surface area contributed by atoms with Crippen molar-refractivity contribution in [3.63, 3.8) is 0 Å². The smallest absolute Gasteiger partial charge is 0.181 e. The lowest BCUT2D eigenvalue weighted by Gasteiger charge is -2.04. The Hall–Kier alpha value is -0.160. The molecule has 0 bridgehead atoms.